The summed E-state index contributed by atoms with van der Waals surface area (Å²) in [6, 6.07) is 15.2. The van der Waals surface area contributed by atoms with Gasteiger partial charge in [-0.3, -0.25) is 0 Å². The molecule has 2 N–H and O–H groups in total. The standard InChI is InChI=1S/C18H23N/c1-13-7-6-12-18(19,14(13)2)17-11-5-9-15-8-3-4-10-16(15)17/h3-5,8-11,13-14H,6-7,12,19H2,1-2H3. The first-order chi connectivity index (χ1) is 9.13. The number of hydrogen-bond donors (Lipinski definition) is 1. The highest BCUT2D eigenvalue weighted by molar-refractivity contribution is 5.86. The lowest BCUT2D eigenvalue weighted by Gasteiger charge is -2.44. The predicted octanol–water partition coefficient (Wildman–Crippen LogP) is 4.45. The van der Waals surface area contributed by atoms with E-state index < -0.39 is 0 Å². The maximum absolute atomic E-state index is 6.88. The zero-order valence-electron chi connectivity index (χ0n) is 11.9. The molecule has 0 aromatic heterocycles. The molecule has 3 unspecified atom stereocenters. The van der Waals surface area contributed by atoms with E-state index in [4.69, 9.17) is 5.73 Å². The minimum Gasteiger partial charge on any atom is -0.321 e. The van der Waals surface area contributed by atoms with Crippen molar-refractivity contribution in [2.75, 3.05) is 0 Å². The molecule has 1 saturated carbocycles. The van der Waals surface area contributed by atoms with Crippen LogP contribution in [0.1, 0.15) is 38.7 Å². The van der Waals surface area contributed by atoms with Crippen LogP contribution < -0.4 is 5.73 Å². The molecule has 1 fully saturated rings. The van der Waals surface area contributed by atoms with E-state index in [0.717, 1.165) is 6.42 Å². The first-order valence-corrected chi connectivity index (χ1v) is 7.40. The van der Waals surface area contributed by atoms with Gasteiger partial charge < -0.3 is 5.73 Å². The van der Waals surface area contributed by atoms with E-state index in [1.165, 1.54) is 29.2 Å². The molecule has 0 radical (unpaired) electrons. The molecule has 2 aromatic carbocycles. The first-order valence-electron chi connectivity index (χ1n) is 7.40. The van der Waals surface area contributed by atoms with E-state index in [1.54, 1.807) is 0 Å². The Labute approximate surface area is 115 Å². The second-order valence-electron chi connectivity index (χ2n) is 6.23. The minimum absolute atomic E-state index is 0.168. The van der Waals surface area contributed by atoms with Gasteiger partial charge in [0.1, 0.15) is 0 Å². The number of nitrogens with two attached hydrogens (primary N) is 1. The molecule has 0 bridgehead atoms. The summed E-state index contributed by atoms with van der Waals surface area (Å²) >= 11 is 0. The number of hydrogen-bond acceptors (Lipinski definition) is 1. The third-order valence-electron chi connectivity index (χ3n) is 5.21. The molecular weight excluding hydrogens is 230 g/mol. The Kier molecular flexibility index (Phi) is 3.10. The van der Waals surface area contributed by atoms with Crippen molar-refractivity contribution >= 4 is 10.8 Å². The summed E-state index contributed by atoms with van der Waals surface area (Å²) in [6.45, 7) is 4.67. The van der Waals surface area contributed by atoms with Crippen LogP contribution in [0.3, 0.4) is 0 Å². The molecule has 0 spiro atoms. The molecule has 100 valence electrons. The zero-order valence-corrected chi connectivity index (χ0v) is 11.9. The van der Waals surface area contributed by atoms with Gasteiger partial charge >= 0.3 is 0 Å². The molecule has 0 aliphatic heterocycles. The highest BCUT2D eigenvalue weighted by Gasteiger charge is 2.40. The molecule has 1 aliphatic carbocycles. The van der Waals surface area contributed by atoms with Crippen molar-refractivity contribution in [1.29, 1.82) is 0 Å². The summed E-state index contributed by atoms with van der Waals surface area (Å²) in [5.74, 6) is 1.24. The fraction of sp³-hybridized carbons (Fsp3) is 0.444. The molecular formula is C18H23N. The topological polar surface area (TPSA) is 26.0 Å². The van der Waals surface area contributed by atoms with Crippen LogP contribution in [0, 0.1) is 11.8 Å². The van der Waals surface area contributed by atoms with E-state index in [-0.39, 0.29) is 5.54 Å². The Bertz CT molecular complexity index is 584. The Morgan fingerprint density at radius 2 is 1.79 bits per heavy atom. The van der Waals surface area contributed by atoms with Crippen molar-refractivity contribution in [1.82, 2.24) is 0 Å². The number of fused-ring (bicyclic) bond motifs is 1. The summed E-state index contributed by atoms with van der Waals surface area (Å²) in [5, 5.41) is 2.63. The maximum atomic E-state index is 6.88. The van der Waals surface area contributed by atoms with Crippen LogP contribution in [0.4, 0.5) is 0 Å². The summed E-state index contributed by atoms with van der Waals surface area (Å²) in [7, 11) is 0. The van der Waals surface area contributed by atoms with Crippen LogP contribution in [-0.4, -0.2) is 0 Å². The fourth-order valence-electron chi connectivity index (χ4n) is 3.71. The molecule has 3 atom stereocenters. The molecule has 0 amide bonds. The van der Waals surface area contributed by atoms with E-state index in [0.29, 0.717) is 11.8 Å². The molecule has 1 aliphatic rings. The van der Waals surface area contributed by atoms with Gasteiger partial charge in [-0.05, 0) is 34.6 Å². The highest BCUT2D eigenvalue weighted by atomic mass is 14.8. The molecule has 0 heterocycles. The lowest BCUT2D eigenvalue weighted by Crippen LogP contribution is -2.48. The Morgan fingerprint density at radius 3 is 2.63 bits per heavy atom. The Morgan fingerprint density at radius 1 is 1.05 bits per heavy atom. The van der Waals surface area contributed by atoms with Crippen molar-refractivity contribution in [3.8, 4) is 0 Å². The number of rotatable bonds is 1. The van der Waals surface area contributed by atoms with Gasteiger partial charge in [-0.15, -0.1) is 0 Å². The van der Waals surface area contributed by atoms with Crippen molar-refractivity contribution in [2.45, 2.75) is 38.6 Å². The van der Waals surface area contributed by atoms with E-state index in [9.17, 15) is 0 Å². The lowest BCUT2D eigenvalue weighted by atomic mass is 9.65. The predicted molar refractivity (Wildman–Crippen MR) is 82.0 cm³/mol. The van der Waals surface area contributed by atoms with Crippen molar-refractivity contribution < 1.29 is 0 Å². The van der Waals surface area contributed by atoms with Gasteiger partial charge in [-0.25, -0.2) is 0 Å². The SMILES string of the molecule is CC1CCCC(N)(c2cccc3ccccc23)C1C. The molecule has 1 heteroatoms. The normalized spacial score (nSPS) is 31.5. The van der Waals surface area contributed by atoms with Gasteiger partial charge in [0.05, 0.1) is 0 Å². The van der Waals surface area contributed by atoms with E-state index in [1.807, 2.05) is 0 Å². The summed E-state index contributed by atoms with van der Waals surface area (Å²) in [4.78, 5) is 0. The monoisotopic (exact) mass is 253 g/mol. The largest absolute Gasteiger partial charge is 0.321 e. The second-order valence-corrected chi connectivity index (χ2v) is 6.23. The Hall–Kier alpha value is -1.34. The lowest BCUT2D eigenvalue weighted by molar-refractivity contribution is 0.145. The van der Waals surface area contributed by atoms with Crippen LogP contribution in [-0.2, 0) is 5.54 Å². The molecule has 1 nitrogen and oxygen atoms in total. The van der Waals surface area contributed by atoms with Crippen molar-refractivity contribution in [3.63, 3.8) is 0 Å². The Balaban J connectivity index is 2.18. The van der Waals surface area contributed by atoms with E-state index >= 15 is 0 Å². The van der Waals surface area contributed by atoms with Crippen molar-refractivity contribution in [3.05, 3.63) is 48.0 Å². The quantitative estimate of drug-likeness (QED) is 0.798. The third kappa shape index (κ3) is 1.97. The van der Waals surface area contributed by atoms with E-state index in [2.05, 4.69) is 56.3 Å². The molecule has 19 heavy (non-hydrogen) atoms. The summed E-state index contributed by atoms with van der Waals surface area (Å²) in [5.41, 5.74) is 8.05. The molecule has 3 rings (SSSR count). The highest BCUT2D eigenvalue weighted by Crippen LogP contribution is 2.44. The average Bonchev–Trinajstić information content (AvgIpc) is 2.44. The van der Waals surface area contributed by atoms with Crippen molar-refractivity contribution in [2.24, 2.45) is 17.6 Å². The van der Waals surface area contributed by atoms with Gasteiger partial charge in [0.2, 0.25) is 0 Å². The average molecular weight is 253 g/mol. The van der Waals surface area contributed by atoms with Crippen LogP contribution in [0.25, 0.3) is 10.8 Å². The van der Waals surface area contributed by atoms with Gasteiger partial charge in [0.25, 0.3) is 0 Å². The van der Waals surface area contributed by atoms with Crippen LogP contribution >= 0.6 is 0 Å². The van der Waals surface area contributed by atoms with Gasteiger partial charge in [0, 0.05) is 5.54 Å². The summed E-state index contributed by atoms with van der Waals surface area (Å²) in [6.07, 6.45) is 3.66. The first kappa shape index (κ1) is 12.7. The van der Waals surface area contributed by atoms with Crippen LogP contribution in [0.2, 0.25) is 0 Å². The zero-order chi connectivity index (χ0) is 13.5. The number of benzene rings is 2. The fourth-order valence-corrected chi connectivity index (χ4v) is 3.71. The van der Waals surface area contributed by atoms with Gasteiger partial charge in [-0.2, -0.15) is 0 Å². The van der Waals surface area contributed by atoms with Gasteiger partial charge in [-0.1, -0.05) is 69.2 Å². The van der Waals surface area contributed by atoms with Crippen LogP contribution in [0.5, 0.6) is 0 Å². The summed E-state index contributed by atoms with van der Waals surface area (Å²) < 4.78 is 0. The maximum Gasteiger partial charge on any atom is 0.0444 e. The molecule has 0 saturated heterocycles. The smallest absolute Gasteiger partial charge is 0.0444 e. The van der Waals surface area contributed by atoms with Gasteiger partial charge in [0.15, 0.2) is 0 Å². The molecule has 2 aromatic rings. The minimum atomic E-state index is -0.168. The third-order valence-corrected chi connectivity index (χ3v) is 5.21. The second kappa shape index (κ2) is 4.64. The van der Waals surface area contributed by atoms with Crippen LogP contribution in [0.15, 0.2) is 42.5 Å².